The van der Waals surface area contributed by atoms with Crippen molar-refractivity contribution in [2.45, 2.75) is 11.1 Å². The monoisotopic (exact) mass is 480 g/mol. The summed E-state index contributed by atoms with van der Waals surface area (Å²) in [5, 5.41) is 10.9. The summed E-state index contributed by atoms with van der Waals surface area (Å²) in [6, 6.07) is 7.07. The lowest BCUT2D eigenvalue weighted by molar-refractivity contribution is -0.146. The van der Waals surface area contributed by atoms with Gasteiger partial charge in [-0.05, 0) is 30.3 Å². The highest BCUT2D eigenvalue weighted by molar-refractivity contribution is 7.89. The molecule has 0 aliphatic carbocycles. The Bertz CT molecular complexity index is 1210. The van der Waals surface area contributed by atoms with Gasteiger partial charge < -0.3 is 4.90 Å². The molecule has 8 nitrogen and oxygen atoms in total. The van der Waals surface area contributed by atoms with Crippen LogP contribution in [0.15, 0.2) is 35.2 Å². The number of sulfonamides is 1. The van der Waals surface area contributed by atoms with Crippen molar-refractivity contribution < 1.29 is 21.6 Å². The third kappa shape index (κ3) is 3.80. The molecule has 0 spiro atoms. The zero-order chi connectivity index (χ0) is 21.7. The molecule has 1 fully saturated rings. The predicted octanol–water partition coefficient (Wildman–Crippen LogP) is 2.96. The number of piperazine rings is 1. The van der Waals surface area contributed by atoms with Crippen molar-refractivity contribution in [1.82, 2.24) is 24.1 Å². The van der Waals surface area contributed by atoms with Gasteiger partial charge in [0.25, 0.3) is 5.82 Å². The van der Waals surface area contributed by atoms with Crippen LogP contribution in [-0.4, -0.2) is 58.7 Å². The average molecular weight is 481 g/mol. The van der Waals surface area contributed by atoms with Crippen LogP contribution < -0.4 is 4.90 Å². The van der Waals surface area contributed by atoms with Gasteiger partial charge in [0.1, 0.15) is 10.7 Å². The molecule has 1 aromatic carbocycles. The van der Waals surface area contributed by atoms with Gasteiger partial charge in [0.05, 0.1) is 5.02 Å². The molecule has 1 aliphatic rings. The Labute approximate surface area is 178 Å². The molecule has 0 atom stereocenters. The number of anilines is 1. The number of hydrogen-bond acceptors (Lipinski definition) is 6. The molecule has 0 radical (unpaired) electrons. The first-order valence-electron chi connectivity index (χ1n) is 8.57. The molecule has 0 unspecified atom stereocenters. The van der Waals surface area contributed by atoms with Crippen LogP contribution >= 0.6 is 23.2 Å². The van der Waals surface area contributed by atoms with Gasteiger partial charge in [-0.3, -0.25) is 0 Å². The van der Waals surface area contributed by atoms with E-state index in [1.165, 1.54) is 34.6 Å². The van der Waals surface area contributed by atoms with E-state index < -0.39 is 22.0 Å². The fourth-order valence-corrected chi connectivity index (χ4v) is 5.26. The highest BCUT2D eigenvalue weighted by Crippen LogP contribution is 2.30. The SMILES string of the molecule is O=S(=O)(c1cc(Cl)ccc1Cl)N1CCN(c2ccc3nnc(C(F)(F)F)n3n2)CC1. The van der Waals surface area contributed by atoms with Crippen molar-refractivity contribution in [2.75, 3.05) is 31.1 Å². The third-order valence-corrected chi connectivity index (χ3v) is 7.19. The summed E-state index contributed by atoms with van der Waals surface area (Å²) in [7, 11) is -3.88. The van der Waals surface area contributed by atoms with Crippen molar-refractivity contribution in [3.63, 3.8) is 0 Å². The highest BCUT2D eigenvalue weighted by Gasteiger charge is 2.38. The minimum Gasteiger partial charge on any atom is -0.353 e. The molecule has 30 heavy (non-hydrogen) atoms. The summed E-state index contributed by atoms with van der Waals surface area (Å²) in [5.41, 5.74) is -0.0390. The van der Waals surface area contributed by atoms with Crippen LogP contribution in [-0.2, 0) is 16.2 Å². The number of alkyl halides is 3. The van der Waals surface area contributed by atoms with Gasteiger partial charge in [-0.1, -0.05) is 23.2 Å². The largest absolute Gasteiger partial charge is 0.453 e. The Morgan fingerprint density at radius 2 is 1.67 bits per heavy atom. The van der Waals surface area contributed by atoms with Gasteiger partial charge in [-0.15, -0.1) is 15.3 Å². The molecule has 0 saturated carbocycles. The van der Waals surface area contributed by atoms with Gasteiger partial charge in [0.2, 0.25) is 10.0 Å². The quantitative estimate of drug-likeness (QED) is 0.572. The second-order valence-corrected chi connectivity index (χ2v) is 9.20. The standard InChI is InChI=1S/C16H13Cl2F3N6O2S/c17-10-1-2-11(18)12(9-10)30(28,29)26-7-5-25(6-8-26)14-4-3-13-22-23-15(16(19,20)21)27(13)24-14/h1-4,9H,5-8H2. The lowest BCUT2D eigenvalue weighted by Gasteiger charge is -2.34. The van der Waals surface area contributed by atoms with Crippen LogP contribution in [0.1, 0.15) is 5.82 Å². The molecule has 4 rings (SSSR count). The van der Waals surface area contributed by atoms with Crippen LogP contribution in [0, 0.1) is 0 Å². The van der Waals surface area contributed by atoms with E-state index in [-0.39, 0.29) is 52.6 Å². The summed E-state index contributed by atoms with van der Waals surface area (Å²) in [6.45, 7) is 0.636. The van der Waals surface area contributed by atoms with E-state index in [0.29, 0.717) is 4.52 Å². The summed E-state index contributed by atoms with van der Waals surface area (Å²) >= 11 is 11.9. The lowest BCUT2D eigenvalue weighted by atomic mass is 10.3. The Balaban J connectivity index is 1.55. The Hall–Kier alpha value is -2.15. The number of aromatic nitrogens is 4. The van der Waals surface area contributed by atoms with Gasteiger partial charge >= 0.3 is 6.18 Å². The van der Waals surface area contributed by atoms with Crippen molar-refractivity contribution in [2.24, 2.45) is 0 Å². The fraction of sp³-hybridized carbons (Fsp3) is 0.312. The van der Waals surface area contributed by atoms with Gasteiger partial charge in [-0.2, -0.15) is 22.0 Å². The second kappa shape index (κ2) is 7.52. The molecular formula is C16H13Cl2F3N6O2S. The minimum atomic E-state index is -4.70. The van der Waals surface area contributed by atoms with E-state index in [0.717, 1.165) is 0 Å². The Kier molecular flexibility index (Phi) is 5.29. The Morgan fingerprint density at radius 1 is 0.967 bits per heavy atom. The van der Waals surface area contributed by atoms with Crippen molar-refractivity contribution in [3.05, 3.63) is 46.2 Å². The molecule has 1 saturated heterocycles. The van der Waals surface area contributed by atoms with E-state index >= 15 is 0 Å². The number of nitrogens with zero attached hydrogens (tertiary/aromatic N) is 6. The first-order chi connectivity index (χ1) is 14.1. The van der Waals surface area contributed by atoms with Crippen molar-refractivity contribution >= 4 is 44.7 Å². The summed E-state index contributed by atoms with van der Waals surface area (Å²) in [5.74, 6) is -0.971. The highest BCUT2D eigenvalue weighted by atomic mass is 35.5. The maximum Gasteiger partial charge on any atom is 0.453 e. The smallest absolute Gasteiger partial charge is 0.353 e. The van der Waals surface area contributed by atoms with Crippen LogP contribution in [0.2, 0.25) is 10.0 Å². The van der Waals surface area contributed by atoms with E-state index in [9.17, 15) is 21.6 Å². The Morgan fingerprint density at radius 3 is 2.33 bits per heavy atom. The number of hydrogen-bond donors (Lipinski definition) is 0. The topological polar surface area (TPSA) is 83.7 Å². The predicted molar refractivity (Wildman–Crippen MR) is 103 cm³/mol. The van der Waals surface area contributed by atoms with Crippen molar-refractivity contribution in [1.29, 1.82) is 0 Å². The van der Waals surface area contributed by atoms with Crippen LogP contribution in [0.4, 0.5) is 19.0 Å². The van der Waals surface area contributed by atoms with E-state index in [2.05, 4.69) is 15.3 Å². The molecule has 3 aromatic rings. The average Bonchev–Trinajstić information content (AvgIpc) is 3.13. The maximum atomic E-state index is 13.1. The number of rotatable bonds is 3. The lowest BCUT2D eigenvalue weighted by Crippen LogP contribution is -2.49. The molecule has 2 aromatic heterocycles. The minimum absolute atomic E-state index is 0.0390. The molecule has 1 aliphatic heterocycles. The summed E-state index contributed by atoms with van der Waals surface area (Å²) < 4.78 is 66.9. The maximum absolute atomic E-state index is 13.1. The van der Waals surface area contributed by atoms with E-state index in [4.69, 9.17) is 23.2 Å². The van der Waals surface area contributed by atoms with Gasteiger partial charge in [0.15, 0.2) is 5.65 Å². The normalized spacial score (nSPS) is 16.4. The zero-order valence-electron chi connectivity index (χ0n) is 15.0. The molecule has 160 valence electrons. The molecule has 0 N–H and O–H groups in total. The van der Waals surface area contributed by atoms with Crippen LogP contribution in [0.25, 0.3) is 5.65 Å². The third-order valence-electron chi connectivity index (χ3n) is 4.58. The molecule has 0 bridgehead atoms. The van der Waals surface area contributed by atoms with Crippen LogP contribution in [0.5, 0.6) is 0 Å². The van der Waals surface area contributed by atoms with Crippen molar-refractivity contribution in [3.8, 4) is 0 Å². The molecule has 3 heterocycles. The number of halogens is 5. The first kappa shape index (κ1) is 21.1. The van der Waals surface area contributed by atoms with E-state index in [1.54, 1.807) is 4.90 Å². The first-order valence-corrected chi connectivity index (χ1v) is 10.8. The molecule has 14 heteroatoms. The second-order valence-electron chi connectivity index (χ2n) is 6.45. The fourth-order valence-electron chi connectivity index (χ4n) is 3.10. The molecule has 0 amide bonds. The summed E-state index contributed by atoms with van der Waals surface area (Å²) in [6.07, 6.45) is -4.70. The van der Waals surface area contributed by atoms with Gasteiger partial charge in [-0.25, -0.2) is 8.42 Å². The number of benzene rings is 1. The number of fused-ring (bicyclic) bond motifs is 1. The van der Waals surface area contributed by atoms with Crippen LogP contribution in [0.3, 0.4) is 0 Å². The zero-order valence-corrected chi connectivity index (χ0v) is 17.3. The summed E-state index contributed by atoms with van der Waals surface area (Å²) in [4.78, 5) is 1.59. The molecular weight excluding hydrogens is 468 g/mol. The van der Waals surface area contributed by atoms with Gasteiger partial charge in [0, 0.05) is 31.2 Å². The van der Waals surface area contributed by atoms with E-state index in [1.807, 2.05) is 0 Å².